The Labute approximate surface area is 225 Å². The molecule has 1 aliphatic heterocycles. The van der Waals surface area contributed by atoms with E-state index in [0.717, 1.165) is 0 Å². The van der Waals surface area contributed by atoms with E-state index in [1.807, 2.05) is 20.8 Å². The first-order valence-electron chi connectivity index (χ1n) is 12.5. The number of ether oxygens (including phenoxy) is 2. The van der Waals surface area contributed by atoms with Gasteiger partial charge in [-0.3, -0.25) is 19.5 Å². The van der Waals surface area contributed by atoms with E-state index in [-0.39, 0.29) is 30.3 Å². The third kappa shape index (κ3) is 7.48. The summed E-state index contributed by atoms with van der Waals surface area (Å²) in [6.07, 6.45) is -1.19. The van der Waals surface area contributed by atoms with Crippen LogP contribution in [0.25, 0.3) is 0 Å². The number of aliphatic hydroxyl groups excluding tert-OH is 2. The number of nitrogens with two attached hydrogens (primary N) is 1. The Kier molecular flexibility index (Phi) is 9.58. The Balaban J connectivity index is 1.89. The number of nitrogen functional groups attached to an aromatic ring is 1. The maximum absolute atomic E-state index is 12.5. The summed E-state index contributed by atoms with van der Waals surface area (Å²) in [7, 11) is 0. The van der Waals surface area contributed by atoms with Gasteiger partial charge in [0.2, 0.25) is 0 Å². The van der Waals surface area contributed by atoms with Crippen LogP contribution in [0.2, 0.25) is 0 Å². The Bertz CT molecular complexity index is 1340. The monoisotopic (exact) mass is 542 g/mol. The molecule has 12 nitrogen and oxygen atoms in total. The van der Waals surface area contributed by atoms with E-state index < -0.39 is 47.2 Å². The first-order chi connectivity index (χ1) is 18.3. The fourth-order valence-corrected chi connectivity index (χ4v) is 4.27. The Hall–Kier alpha value is -3.63. The Morgan fingerprint density at radius 1 is 1.41 bits per heavy atom. The molecular formula is C27H34N4O8. The van der Waals surface area contributed by atoms with Crippen molar-refractivity contribution in [3.05, 3.63) is 61.7 Å². The lowest BCUT2D eigenvalue weighted by molar-refractivity contribution is -0.386. The standard InChI is InChI=1S/C27H34N4O8/c1-16(33)7-5-6-8-17-9-10-19(20(11-17)31(36)37)24(27(2,3)4)38-15-18-13-30(26(35)29-25(18)28)23-12-21(34)22(14-32)39-23/h9-11,13,21-24,32,34H,5,7,12,14-15H2,1-4H3,(H2,28,29,35)/t21-,22-,23-,24+/m1/s1. The molecule has 0 aliphatic carbocycles. The average molecular weight is 543 g/mol. The second kappa shape index (κ2) is 12.5. The van der Waals surface area contributed by atoms with E-state index in [4.69, 9.17) is 15.2 Å². The lowest BCUT2D eigenvalue weighted by Crippen LogP contribution is -2.29. The molecule has 210 valence electrons. The maximum Gasteiger partial charge on any atom is 0.351 e. The predicted molar refractivity (Wildman–Crippen MR) is 141 cm³/mol. The highest BCUT2D eigenvalue weighted by Crippen LogP contribution is 2.41. The minimum absolute atomic E-state index is 0.0183. The fraction of sp³-hybridized carbons (Fsp3) is 0.519. The molecule has 1 aromatic carbocycles. The SMILES string of the molecule is CC(=O)CCC#Cc1ccc([C@H](OCc2cn([C@H]3C[C@@H](O)[C@@H](CO)O3)c(=O)nc2N)C(C)(C)C)c([N+](=O)[O-])c1. The van der Waals surface area contributed by atoms with Crippen molar-refractivity contribution in [3.8, 4) is 11.8 Å². The number of hydrogen-bond donors (Lipinski definition) is 3. The van der Waals surface area contributed by atoms with Crippen LogP contribution in [0.5, 0.6) is 0 Å². The molecule has 3 rings (SSSR count). The van der Waals surface area contributed by atoms with Crippen molar-refractivity contribution in [2.45, 2.75) is 78.1 Å². The number of nitro benzene ring substituents is 1. The van der Waals surface area contributed by atoms with Gasteiger partial charge < -0.3 is 25.4 Å². The molecule has 1 aliphatic rings. The number of benzene rings is 1. The van der Waals surface area contributed by atoms with Gasteiger partial charge in [0.25, 0.3) is 5.69 Å². The van der Waals surface area contributed by atoms with Gasteiger partial charge in [0.05, 0.1) is 35.9 Å². The van der Waals surface area contributed by atoms with Gasteiger partial charge in [-0.1, -0.05) is 32.6 Å². The lowest BCUT2D eigenvalue weighted by Gasteiger charge is -2.31. The summed E-state index contributed by atoms with van der Waals surface area (Å²) in [6, 6.07) is 4.66. The third-order valence-electron chi connectivity index (χ3n) is 6.29. The minimum Gasteiger partial charge on any atom is -0.394 e. The second-order valence-corrected chi connectivity index (χ2v) is 10.5. The van der Waals surface area contributed by atoms with Gasteiger partial charge in [-0.05, 0) is 24.5 Å². The topological polar surface area (TPSA) is 180 Å². The molecule has 1 fully saturated rings. The number of nitrogens with zero attached hydrogens (tertiary/aromatic N) is 3. The van der Waals surface area contributed by atoms with E-state index in [1.54, 1.807) is 12.1 Å². The molecule has 2 heterocycles. The molecule has 0 unspecified atom stereocenters. The Morgan fingerprint density at radius 2 is 2.13 bits per heavy atom. The van der Waals surface area contributed by atoms with Gasteiger partial charge in [-0.25, -0.2) is 4.79 Å². The summed E-state index contributed by atoms with van der Waals surface area (Å²) >= 11 is 0. The second-order valence-electron chi connectivity index (χ2n) is 10.5. The quantitative estimate of drug-likeness (QED) is 0.242. The zero-order valence-electron chi connectivity index (χ0n) is 22.4. The number of hydrogen-bond acceptors (Lipinski definition) is 10. The predicted octanol–water partition coefficient (Wildman–Crippen LogP) is 2.40. The molecule has 0 radical (unpaired) electrons. The van der Waals surface area contributed by atoms with Crippen molar-refractivity contribution in [1.29, 1.82) is 0 Å². The summed E-state index contributed by atoms with van der Waals surface area (Å²) < 4.78 is 12.9. The van der Waals surface area contributed by atoms with Crippen LogP contribution in [0.3, 0.4) is 0 Å². The maximum atomic E-state index is 12.5. The van der Waals surface area contributed by atoms with Crippen molar-refractivity contribution in [3.63, 3.8) is 0 Å². The lowest BCUT2D eigenvalue weighted by atomic mass is 9.83. The highest BCUT2D eigenvalue weighted by Gasteiger charge is 2.36. The van der Waals surface area contributed by atoms with Gasteiger partial charge in [-0.2, -0.15) is 4.98 Å². The molecule has 39 heavy (non-hydrogen) atoms. The summed E-state index contributed by atoms with van der Waals surface area (Å²) in [4.78, 5) is 38.9. The van der Waals surface area contributed by atoms with E-state index in [0.29, 0.717) is 29.5 Å². The van der Waals surface area contributed by atoms with E-state index in [2.05, 4.69) is 16.8 Å². The number of aromatic nitrogens is 2. The molecule has 2 aromatic rings. The molecule has 4 atom stereocenters. The molecule has 12 heteroatoms. The number of nitro groups is 1. The molecule has 0 bridgehead atoms. The van der Waals surface area contributed by atoms with Crippen molar-refractivity contribution in [2.75, 3.05) is 12.3 Å². The highest BCUT2D eigenvalue weighted by atomic mass is 16.6. The summed E-state index contributed by atoms with van der Waals surface area (Å²) in [6.45, 7) is 6.58. The van der Waals surface area contributed by atoms with Crippen LogP contribution in [0.4, 0.5) is 11.5 Å². The number of carbonyl (C=O) groups is 1. The molecule has 0 saturated carbocycles. The molecule has 4 N–H and O–H groups in total. The van der Waals surface area contributed by atoms with Crippen molar-refractivity contribution in [2.24, 2.45) is 5.41 Å². The Morgan fingerprint density at radius 3 is 2.72 bits per heavy atom. The van der Waals surface area contributed by atoms with Gasteiger partial charge in [0.1, 0.15) is 23.9 Å². The molecular weight excluding hydrogens is 508 g/mol. The van der Waals surface area contributed by atoms with Crippen LogP contribution < -0.4 is 11.4 Å². The van der Waals surface area contributed by atoms with Gasteiger partial charge in [-0.15, -0.1) is 0 Å². The van der Waals surface area contributed by atoms with E-state index in [1.165, 1.54) is 23.8 Å². The fourth-order valence-electron chi connectivity index (χ4n) is 4.27. The largest absolute Gasteiger partial charge is 0.394 e. The van der Waals surface area contributed by atoms with E-state index in [9.17, 15) is 29.9 Å². The molecule has 0 spiro atoms. The number of ketones is 1. The smallest absolute Gasteiger partial charge is 0.351 e. The number of aliphatic hydroxyl groups is 2. The first-order valence-corrected chi connectivity index (χ1v) is 12.5. The van der Waals surface area contributed by atoms with Crippen LogP contribution in [0.15, 0.2) is 29.2 Å². The highest BCUT2D eigenvalue weighted by molar-refractivity contribution is 5.75. The first kappa shape index (κ1) is 29.9. The molecule has 1 aromatic heterocycles. The average Bonchev–Trinajstić information content (AvgIpc) is 3.22. The number of carbonyl (C=O) groups excluding carboxylic acids is 1. The van der Waals surface area contributed by atoms with Crippen LogP contribution in [0.1, 0.15) is 76.0 Å². The normalized spacial score (nSPS) is 19.8. The summed E-state index contributed by atoms with van der Waals surface area (Å²) in [5.41, 5.74) is 5.71. The van der Waals surface area contributed by atoms with Crippen molar-refractivity contribution >= 4 is 17.3 Å². The third-order valence-corrected chi connectivity index (χ3v) is 6.29. The summed E-state index contributed by atoms with van der Waals surface area (Å²) in [5.74, 6) is 5.68. The molecule has 0 amide bonds. The van der Waals surface area contributed by atoms with Crippen molar-refractivity contribution < 1.29 is 29.4 Å². The van der Waals surface area contributed by atoms with Crippen LogP contribution in [0, 0.1) is 27.4 Å². The van der Waals surface area contributed by atoms with Crippen LogP contribution in [-0.2, 0) is 20.9 Å². The minimum atomic E-state index is -0.947. The van der Waals surface area contributed by atoms with Gasteiger partial charge in [0, 0.05) is 42.7 Å². The number of Topliss-reactive ketones (excluding diaryl/α,β-unsaturated/α-hetero) is 1. The van der Waals surface area contributed by atoms with Crippen LogP contribution in [-0.4, -0.2) is 49.3 Å². The van der Waals surface area contributed by atoms with E-state index >= 15 is 0 Å². The number of anilines is 1. The number of rotatable bonds is 9. The zero-order valence-corrected chi connectivity index (χ0v) is 22.4. The van der Waals surface area contributed by atoms with Gasteiger partial charge >= 0.3 is 5.69 Å². The van der Waals surface area contributed by atoms with Crippen molar-refractivity contribution in [1.82, 2.24) is 9.55 Å². The van der Waals surface area contributed by atoms with Crippen LogP contribution >= 0.6 is 0 Å². The summed E-state index contributed by atoms with van der Waals surface area (Å²) in [5, 5.41) is 31.4. The molecule has 1 saturated heterocycles. The zero-order chi connectivity index (χ0) is 28.9. The van der Waals surface area contributed by atoms with Gasteiger partial charge in [0.15, 0.2) is 0 Å².